The molecule has 2 aromatic heterocycles. The number of nitrogens with zero attached hydrogens (tertiary/aromatic N) is 3. The van der Waals surface area contributed by atoms with E-state index in [1.54, 1.807) is 12.3 Å². The molecule has 2 atom stereocenters. The molecule has 1 aliphatic heterocycles. The number of hydrogen-bond donors (Lipinski definition) is 2. The second kappa shape index (κ2) is 6.91. The molecule has 2 aromatic rings. The number of ether oxygens (including phenoxy) is 1. The molecule has 2 unspecified atom stereocenters. The number of aromatic nitrogens is 2. The predicted molar refractivity (Wildman–Crippen MR) is 106 cm³/mol. The number of carbonyl (C=O) groups excluding carboxylic acids is 2. The van der Waals surface area contributed by atoms with Crippen molar-refractivity contribution in [2.75, 3.05) is 23.9 Å². The van der Waals surface area contributed by atoms with Crippen LogP contribution in [0, 0.1) is 0 Å². The molecular formula is C20H22FN5O3. The van der Waals surface area contributed by atoms with Gasteiger partial charge in [0.2, 0.25) is 0 Å². The van der Waals surface area contributed by atoms with Crippen LogP contribution in [0.3, 0.4) is 0 Å². The summed E-state index contributed by atoms with van der Waals surface area (Å²) in [6.07, 6.45) is 7.40. The van der Waals surface area contributed by atoms with Crippen molar-refractivity contribution in [2.45, 2.75) is 31.0 Å². The van der Waals surface area contributed by atoms with Crippen molar-refractivity contribution in [3.05, 3.63) is 48.5 Å². The molecule has 8 nitrogen and oxygen atoms in total. The molecule has 0 aromatic carbocycles. The van der Waals surface area contributed by atoms with Gasteiger partial charge in [-0.05, 0) is 25.3 Å². The highest BCUT2D eigenvalue weighted by Gasteiger charge is 2.41. The van der Waals surface area contributed by atoms with Crippen LogP contribution < -0.4 is 16.0 Å². The molecule has 2 aliphatic rings. The third-order valence-electron chi connectivity index (χ3n) is 5.62. The van der Waals surface area contributed by atoms with Crippen LogP contribution >= 0.6 is 0 Å². The highest BCUT2D eigenvalue weighted by Crippen LogP contribution is 2.38. The van der Waals surface area contributed by atoms with E-state index in [4.69, 9.17) is 10.5 Å². The molecule has 9 heteroatoms. The second-order valence-corrected chi connectivity index (χ2v) is 7.28. The van der Waals surface area contributed by atoms with E-state index in [1.807, 2.05) is 0 Å². The number of nitrogens with two attached hydrogens (primary N) is 1. The molecule has 0 spiro atoms. The maximum absolute atomic E-state index is 15.1. The van der Waals surface area contributed by atoms with Gasteiger partial charge in [-0.25, -0.2) is 8.91 Å². The number of nitrogens with one attached hydrogen (secondary N) is 1. The predicted octanol–water partition coefficient (Wildman–Crippen LogP) is 2.17. The van der Waals surface area contributed by atoms with Gasteiger partial charge in [-0.3, -0.25) is 14.5 Å². The summed E-state index contributed by atoms with van der Waals surface area (Å²) in [7, 11) is 1.51. The molecule has 152 valence electrons. The molecule has 0 radical (unpaired) electrons. The Hall–Kier alpha value is -3.36. The van der Waals surface area contributed by atoms with Crippen molar-refractivity contribution < 1.29 is 18.7 Å². The van der Waals surface area contributed by atoms with Crippen molar-refractivity contribution in [2.24, 2.45) is 5.73 Å². The van der Waals surface area contributed by atoms with E-state index in [2.05, 4.69) is 17.0 Å². The van der Waals surface area contributed by atoms with Gasteiger partial charge in [-0.1, -0.05) is 12.7 Å². The average molecular weight is 399 g/mol. The fraction of sp³-hybridized carbons (Fsp3) is 0.350. The van der Waals surface area contributed by atoms with E-state index in [9.17, 15) is 9.59 Å². The topological polar surface area (TPSA) is 102 Å². The largest absolute Gasteiger partial charge is 0.499 e. The fourth-order valence-electron chi connectivity index (χ4n) is 3.97. The number of carbonyl (C=O) groups is 2. The summed E-state index contributed by atoms with van der Waals surface area (Å²) in [4.78, 5) is 25.8. The molecule has 3 heterocycles. The minimum atomic E-state index is -1.58. The van der Waals surface area contributed by atoms with Crippen LogP contribution in [0.5, 0.6) is 0 Å². The first-order valence-corrected chi connectivity index (χ1v) is 9.32. The molecule has 0 bridgehead atoms. The molecular weight excluding hydrogens is 377 g/mol. The molecule has 3 N–H and O–H groups in total. The van der Waals surface area contributed by atoms with Crippen LogP contribution in [0.1, 0.15) is 29.6 Å². The Morgan fingerprint density at radius 2 is 2.34 bits per heavy atom. The monoisotopic (exact) mass is 399 g/mol. The van der Waals surface area contributed by atoms with Crippen molar-refractivity contribution >= 4 is 28.7 Å². The number of halogens is 1. The number of fused-ring (bicyclic) bond motifs is 1. The second-order valence-electron chi connectivity index (χ2n) is 7.28. The normalized spacial score (nSPS) is 24.1. The number of primary amides is 1. The van der Waals surface area contributed by atoms with E-state index >= 15 is 4.39 Å². The minimum absolute atomic E-state index is 0.156. The number of anilines is 2. The molecule has 29 heavy (non-hydrogen) atoms. The summed E-state index contributed by atoms with van der Waals surface area (Å²) in [5.41, 5.74) is 5.61. The van der Waals surface area contributed by atoms with Crippen LogP contribution in [-0.4, -0.2) is 46.8 Å². The molecule has 2 amide bonds. The standard InChI is InChI=1S/C20H22FN5O3/c1-3-20(21)6-4-5-16(20)24-18-14(19(22)28)9-23-26-10-12(7-15(18)26)25-11-13(29-2)8-17(25)27/h3,7-10,16,24H,1,4-6,11H2,2H3,(H2,22,28). The summed E-state index contributed by atoms with van der Waals surface area (Å²) >= 11 is 0. The van der Waals surface area contributed by atoms with E-state index in [0.29, 0.717) is 48.5 Å². The first-order chi connectivity index (χ1) is 13.9. The minimum Gasteiger partial charge on any atom is -0.499 e. The van der Waals surface area contributed by atoms with Crippen molar-refractivity contribution in [1.82, 2.24) is 9.61 Å². The molecule has 1 saturated carbocycles. The van der Waals surface area contributed by atoms with Gasteiger partial charge in [-0.15, -0.1) is 0 Å². The summed E-state index contributed by atoms with van der Waals surface area (Å²) in [6.45, 7) is 3.92. The zero-order valence-electron chi connectivity index (χ0n) is 16.0. The van der Waals surface area contributed by atoms with Crippen molar-refractivity contribution in [3.8, 4) is 0 Å². The maximum atomic E-state index is 15.1. The lowest BCUT2D eigenvalue weighted by molar-refractivity contribution is -0.113. The molecule has 0 saturated heterocycles. The average Bonchev–Trinajstić information content (AvgIpc) is 3.39. The van der Waals surface area contributed by atoms with E-state index in [0.717, 1.165) is 0 Å². The molecule has 1 aliphatic carbocycles. The van der Waals surface area contributed by atoms with Crippen LogP contribution in [-0.2, 0) is 9.53 Å². The lowest BCUT2D eigenvalue weighted by atomic mass is 9.99. The van der Waals surface area contributed by atoms with E-state index in [1.165, 1.54) is 34.9 Å². The zero-order valence-corrected chi connectivity index (χ0v) is 16.0. The van der Waals surface area contributed by atoms with Crippen LogP contribution in [0.25, 0.3) is 5.52 Å². The summed E-state index contributed by atoms with van der Waals surface area (Å²) in [5.74, 6) is -0.340. The Balaban J connectivity index is 1.77. The van der Waals surface area contributed by atoms with Gasteiger partial charge in [0.1, 0.15) is 11.4 Å². The van der Waals surface area contributed by atoms with Gasteiger partial charge in [0, 0.05) is 6.08 Å². The van der Waals surface area contributed by atoms with Gasteiger partial charge in [-0.2, -0.15) is 5.10 Å². The smallest absolute Gasteiger partial charge is 0.254 e. The van der Waals surface area contributed by atoms with Gasteiger partial charge < -0.3 is 15.8 Å². The quantitative estimate of drug-likeness (QED) is 0.725. The van der Waals surface area contributed by atoms with Crippen molar-refractivity contribution in [1.29, 1.82) is 0 Å². The lowest BCUT2D eigenvalue weighted by Crippen LogP contribution is -2.37. The Morgan fingerprint density at radius 3 is 3.00 bits per heavy atom. The zero-order chi connectivity index (χ0) is 20.8. The first-order valence-electron chi connectivity index (χ1n) is 9.32. The SMILES string of the molecule is C=CC1(F)CCCC1Nc1c(C(N)=O)cnn2cc(N3CC(OC)=CC3=O)cc12. The van der Waals surface area contributed by atoms with E-state index < -0.39 is 17.6 Å². The van der Waals surface area contributed by atoms with Gasteiger partial charge in [0.15, 0.2) is 0 Å². The summed E-state index contributed by atoms with van der Waals surface area (Å²) in [5, 5.41) is 7.39. The van der Waals surface area contributed by atoms with Crippen molar-refractivity contribution in [3.63, 3.8) is 0 Å². The Morgan fingerprint density at radius 1 is 1.55 bits per heavy atom. The Kier molecular flexibility index (Phi) is 4.52. The highest BCUT2D eigenvalue weighted by molar-refractivity contribution is 6.06. The van der Waals surface area contributed by atoms with E-state index in [-0.39, 0.29) is 11.5 Å². The number of amides is 2. The molecule has 1 fully saturated rings. The number of hydrogen-bond acceptors (Lipinski definition) is 5. The third kappa shape index (κ3) is 3.12. The Labute approximate surface area is 166 Å². The van der Waals surface area contributed by atoms with Crippen LogP contribution in [0.4, 0.5) is 15.8 Å². The third-order valence-corrected chi connectivity index (χ3v) is 5.62. The summed E-state index contributed by atoms with van der Waals surface area (Å²) < 4.78 is 21.8. The number of alkyl halides is 1. The Bertz CT molecular complexity index is 1050. The maximum Gasteiger partial charge on any atom is 0.254 e. The fourth-order valence-corrected chi connectivity index (χ4v) is 3.97. The van der Waals surface area contributed by atoms with Gasteiger partial charge in [0.25, 0.3) is 11.8 Å². The van der Waals surface area contributed by atoms with Crippen LogP contribution in [0.15, 0.2) is 43.0 Å². The lowest BCUT2D eigenvalue weighted by Gasteiger charge is -2.26. The molecule has 4 rings (SSSR count). The van der Waals surface area contributed by atoms with Gasteiger partial charge in [0.05, 0.1) is 54.5 Å². The van der Waals surface area contributed by atoms with Gasteiger partial charge >= 0.3 is 0 Å². The number of rotatable bonds is 6. The first kappa shape index (κ1) is 19.0. The highest BCUT2D eigenvalue weighted by atomic mass is 19.1. The number of methoxy groups -OCH3 is 1. The van der Waals surface area contributed by atoms with Crippen LogP contribution in [0.2, 0.25) is 0 Å². The summed E-state index contributed by atoms with van der Waals surface area (Å²) in [6, 6.07) is 1.17.